The Labute approximate surface area is 124 Å². The molecule has 0 aliphatic heterocycles. The Kier molecular flexibility index (Phi) is 3.33. The molecule has 1 aromatic carbocycles. The lowest BCUT2D eigenvalue weighted by atomic mass is 10.2. The van der Waals surface area contributed by atoms with Crippen molar-refractivity contribution >= 4 is 39.6 Å². The summed E-state index contributed by atoms with van der Waals surface area (Å²) in [6.45, 7) is 0.758. The third kappa shape index (κ3) is 2.40. The fourth-order valence-corrected chi connectivity index (χ4v) is 2.46. The summed E-state index contributed by atoms with van der Waals surface area (Å²) in [4.78, 5) is 13.2. The van der Waals surface area contributed by atoms with Crippen LogP contribution in [0.2, 0.25) is 0 Å². The maximum atomic E-state index is 4.48. The molecule has 3 rings (SSSR count). The Morgan fingerprint density at radius 2 is 2.00 bits per heavy atom. The SMILES string of the molecule is CNc1nc(I)nc2c1ncn2Cc1ccccc1. The maximum Gasteiger partial charge on any atom is 0.194 e. The summed E-state index contributed by atoms with van der Waals surface area (Å²) >= 11 is 2.12. The number of aromatic nitrogens is 4. The molecule has 5 nitrogen and oxygen atoms in total. The quantitative estimate of drug-likeness (QED) is 0.573. The molecule has 0 bridgehead atoms. The van der Waals surface area contributed by atoms with Crippen molar-refractivity contribution in [3.8, 4) is 0 Å². The molecule has 0 unspecified atom stereocenters. The monoisotopic (exact) mass is 365 g/mol. The van der Waals surface area contributed by atoms with E-state index in [-0.39, 0.29) is 0 Å². The minimum Gasteiger partial charge on any atom is -0.371 e. The lowest BCUT2D eigenvalue weighted by molar-refractivity contribution is 0.811. The number of imidazole rings is 1. The fraction of sp³-hybridized carbons (Fsp3) is 0.154. The summed E-state index contributed by atoms with van der Waals surface area (Å²) in [5, 5.41) is 3.06. The molecule has 0 atom stereocenters. The Hall–Kier alpha value is -1.70. The highest BCUT2D eigenvalue weighted by molar-refractivity contribution is 14.1. The molecular formula is C13H12IN5. The normalized spacial score (nSPS) is 10.8. The number of fused-ring (bicyclic) bond motifs is 1. The van der Waals surface area contributed by atoms with Crippen LogP contribution in [0.4, 0.5) is 5.82 Å². The zero-order valence-electron chi connectivity index (χ0n) is 10.3. The predicted molar refractivity (Wildman–Crippen MR) is 83.1 cm³/mol. The number of halogens is 1. The van der Waals surface area contributed by atoms with E-state index in [1.54, 1.807) is 0 Å². The fourth-order valence-electron chi connectivity index (χ4n) is 1.99. The van der Waals surface area contributed by atoms with E-state index in [0.29, 0.717) is 3.83 Å². The van der Waals surface area contributed by atoms with Gasteiger partial charge in [-0.1, -0.05) is 30.3 Å². The van der Waals surface area contributed by atoms with Crippen molar-refractivity contribution in [2.75, 3.05) is 12.4 Å². The number of benzene rings is 1. The zero-order valence-corrected chi connectivity index (χ0v) is 12.5. The van der Waals surface area contributed by atoms with Crippen molar-refractivity contribution in [2.45, 2.75) is 6.54 Å². The summed E-state index contributed by atoms with van der Waals surface area (Å²) in [5.41, 5.74) is 2.88. The van der Waals surface area contributed by atoms with Crippen LogP contribution in [0.25, 0.3) is 11.2 Å². The standard InChI is InChI=1S/C13H12IN5/c1-15-11-10-12(18-13(14)17-11)19(8-16-10)7-9-5-3-2-4-6-9/h2-6,8H,7H2,1H3,(H,15,17,18). The van der Waals surface area contributed by atoms with E-state index >= 15 is 0 Å². The van der Waals surface area contributed by atoms with Crippen LogP contribution in [0.3, 0.4) is 0 Å². The van der Waals surface area contributed by atoms with Gasteiger partial charge in [0.2, 0.25) is 0 Å². The second-order valence-corrected chi connectivity index (χ2v) is 5.09. The van der Waals surface area contributed by atoms with Gasteiger partial charge < -0.3 is 9.88 Å². The molecule has 1 N–H and O–H groups in total. The van der Waals surface area contributed by atoms with Gasteiger partial charge in [-0.05, 0) is 5.56 Å². The van der Waals surface area contributed by atoms with Crippen molar-refractivity contribution in [3.63, 3.8) is 0 Å². The summed E-state index contributed by atoms with van der Waals surface area (Å²) in [6, 6.07) is 10.3. The molecule has 96 valence electrons. The number of anilines is 1. The predicted octanol–water partition coefficient (Wildman–Crippen LogP) is 2.52. The van der Waals surface area contributed by atoms with E-state index in [9.17, 15) is 0 Å². The Bertz CT molecular complexity index is 708. The smallest absolute Gasteiger partial charge is 0.194 e. The molecule has 0 saturated carbocycles. The third-order valence-electron chi connectivity index (χ3n) is 2.87. The number of hydrogen-bond donors (Lipinski definition) is 1. The molecule has 19 heavy (non-hydrogen) atoms. The molecule has 0 radical (unpaired) electrons. The highest BCUT2D eigenvalue weighted by Gasteiger charge is 2.11. The van der Waals surface area contributed by atoms with Gasteiger partial charge in [0, 0.05) is 29.6 Å². The first-order valence-corrected chi connectivity index (χ1v) is 6.96. The lowest BCUT2D eigenvalue weighted by Gasteiger charge is -2.05. The zero-order chi connectivity index (χ0) is 13.2. The highest BCUT2D eigenvalue weighted by Crippen LogP contribution is 2.20. The maximum absolute atomic E-state index is 4.48. The molecule has 0 aliphatic carbocycles. The topological polar surface area (TPSA) is 55.6 Å². The number of hydrogen-bond acceptors (Lipinski definition) is 4. The summed E-state index contributed by atoms with van der Waals surface area (Å²) < 4.78 is 2.75. The average molecular weight is 365 g/mol. The molecule has 3 aromatic rings. The molecular weight excluding hydrogens is 353 g/mol. The van der Waals surface area contributed by atoms with Crippen LogP contribution < -0.4 is 5.32 Å². The van der Waals surface area contributed by atoms with Crippen molar-refractivity contribution < 1.29 is 0 Å². The Morgan fingerprint density at radius 3 is 2.74 bits per heavy atom. The van der Waals surface area contributed by atoms with Crippen molar-refractivity contribution in [2.24, 2.45) is 0 Å². The van der Waals surface area contributed by atoms with E-state index in [1.807, 2.05) is 36.1 Å². The first-order valence-electron chi connectivity index (χ1n) is 5.88. The molecule has 0 saturated heterocycles. The van der Waals surface area contributed by atoms with E-state index in [0.717, 1.165) is 23.5 Å². The van der Waals surface area contributed by atoms with Crippen LogP contribution in [0.5, 0.6) is 0 Å². The second kappa shape index (κ2) is 5.12. The van der Waals surface area contributed by atoms with Gasteiger partial charge in [-0.3, -0.25) is 0 Å². The largest absolute Gasteiger partial charge is 0.371 e. The first kappa shape index (κ1) is 12.3. The van der Waals surface area contributed by atoms with Gasteiger partial charge in [0.05, 0.1) is 12.9 Å². The van der Waals surface area contributed by atoms with Gasteiger partial charge in [-0.15, -0.1) is 0 Å². The molecule has 0 fully saturated rings. The van der Waals surface area contributed by atoms with Crippen LogP contribution in [0.15, 0.2) is 36.7 Å². The molecule has 2 aromatic heterocycles. The first-order chi connectivity index (χ1) is 9.28. The molecule has 6 heteroatoms. The molecule has 0 amide bonds. The Morgan fingerprint density at radius 1 is 1.21 bits per heavy atom. The van der Waals surface area contributed by atoms with Gasteiger partial charge in [0.1, 0.15) is 0 Å². The van der Waals surface area contributed by atoms with Crippen LogP contribution in [-0.2, 0) is 6.54 Å². The van der Waals surface area contributed by atoms with E-state index in [2.05, 4.69) is 55.0 Å². The highest BCUT2D eigenvalue weighted by atomic mass is 127. The molecule has 2 heterocycles. The third-order valence-corrected chi connectivity index (χ3v) is 3.35. The van der Waals surface area contributed by atoms with Crippen molar-refractivity contribution in [1.29, 1.82) is 0 Å². The van der Waals surface area contributed by atoms with Gasteiger partial charge >= 0.3 is 0 Å². The van der Waals surface area contributed by atoms with Gasteiger partial charge in [0.25, 0.3) is 0 Å². The van der Waals surface area contributed by atoms with Gasteiger partial charge in [-0.25, -0.2) is 15.0 Å². The van der Waals surface area contributed by atoms with Crippen LogP contribution in [-0.4, -0.2) is 26.6 Å². The number of nitrogens with one attached hydrogen (secondary N) is 1. The van der Waals surface area contributed by atoms with Crippen molar-refractivity contribution in [1.82, 2.24) is 19.5 Å². The summed E-state index contributed by atoms with van der Waals surface area (Å²) in [7, 11) is 1.84. The van der Waals surface area contributed by atoms with Crippen LogP contribution in [0.1, 0.15) is 5.56 Å². The van der Waals surface area contributed by atoms with Crippen LogP contribution in [0, 0.1) is 3.83 Å². The minimum absolute atomic E-state index is 0.712. The van der Waals surface area contributed by atoms with Gasteiger partial charge in [-0.2, -0.15) is 0 Å². The summed E-state index contributed by atoms with van der Waals surface area (Å²) in [5.74, 6) is 0.765. The number of nitrogens with zero attached hydrogens (tertiary/aromatic N) is 4. The van der Waals surface area contributed by atoms with Crippen molar-refractivity contribution in [3.05, 3.63) is 46.1 Å². The minimum atomic E-state index is 0.712. The van der Waals surface area contributed by atoms with E-state index < -0.39 is 0 Å². The van der Waals surface area contributed by atoms with E-state index in [4.69, 9.17) is 0 Å². The van der Waals surface area contributed by atoms with Crippen LogP contribution >= 0.6 is 22.6 Å². The Balaban J connectivity index is 2.08. The van der Waals surface area contributed by atoms with Gasteiger partial charge in [0.15, 0.2) is 20.8 Å². The average Bonchev–Trinajstić information content (AvgIpc) is 2.82. The molecule has 0 aliphatic rings. The molecule has 0 spiro atoms. The lowest BCUT2D eigenvalue weighted by Crippen LogP contribution is -2.02. The summed E-state index contributed by atoms with van der Waals surface area (Å²) in [6.07, 6.45) is 1.81. The van der Waals surface area contributed by atoms with E-state index in [1.165, 1.54) is 5.56 Å². The number of rotatable bonds is 3. The second-order valence-electron chi connectivity index (χ2n) is 4.12.